The van der Waals surface area contributed by atoms with Crippen LogP contribution in [0, 0.1) is 5.41 Å². The monoisotopic (exact) mass is 471 g/mol. The molecule has 0 aromatic carbocycles. The van der Waals surface area contributed by atoms with Gasteiger partial charge in [0, 0.05) is 18.6 Å². The highest BCUT2D eigenvalue weighted by molar-refractivity contribution is 7.13. The van der Waals surface area contributed by atoms with E-state index in [9.17, 15) is 14.7 Å². The predicted octanol–water partition coefficient (Wildman–Crippen LogP) is 1.36. The van der Waals surface area contributed by atoms with E-state index in [-0.39, 0.29) is 43.0 Å². The van der Waals surface area contributed by atoms with Crippen molar-refractivity contribution >= 4 is 29.2 Å². The first-order valence-corrected chi connectivity index (χ1v) is 12.3. The zero-order chi connectivity index (χ0) is 22.8. The number of carboxylic acids is 1. The van der Waals surface area contributed by atoms with E-state index < -0.39 is 11.4 Å². The van der Waals surface area contributed by atoms with Gasteiger partial charge in [-0.15, -0.1) is 11.3 Å². The number of thiophene rings is 1. The highest BCUT2D eigenvalue weighted by Gasteiger charge is 2.49. The normalized spacial score (nSPS) is 27.9. The fourth-order valence-corrected chi connectivity index (χ4v) is 6.04. The van der Waals surface area contributed by atoms with Crippen molar-refractivity contribution in [2.45, 2.75) is 62.8 Å². The van der Waals surface area contributed by atoms with E-state index >= 15 is 0 Å². The molecule has 0 radical (unpaired) electrons. The summed E-state index contributed by atoms with van der Waals surface area (Å²) in [5, 5.41) is 19.6. The Morgan fingerprint density at radius 2 is 1.88 bits per heavy atom. The third-order valence-corrected chi connectivity index (χ3v) is 7.75. The van der Waals surface area contributed by atoms with Crippen LogP contribution in [-0.2, 0) is 19.1 Å². The van der Waals surface area contributed by atoms with Gasteiger partial charge in [-0.25, -0.2) is 9.97 Å². The Hall–Kier alpha value is -2.56. The molecule has 0 spiro atoms. The quantitative estimate of drug-likeness (QED) is 0.591. The lowest BCUT2D eigenvalue weighted by molar-refractivity contribution is -0.308. The van der Waals surface area contributed by atoms with Crippen LogP contribution in [0.3, 0.4) is 0 Å². The van der Waals surface area contributed by atoms with Gasteiger partial charge in [-0.2, -0.15) is 0 Å². The highest BCUT2D eigenvalue weighted by atomic mass is 32.1. The Bertz CT molecular complexity index is 994. The van der Waals surface area contributed by atoms with Crippen molar-refractivity contribution in [2.24, 2.45) is 5.41 Å². The molecule has 2 N–H and O–H groups in total. The summed E-state index contributed by atoms with van der Waals surface area (Å²) in [5.41, 5.74) is 0.362. The molecule has 3 fully saturated rings. The van der Waals surface area contributed by atoms with Crippen LogP contribution in [-0.4, -0.2) is 59.3 Å². The number of hydrogen-bond donors (Lipinski definition) is 2. The fraction of sp³-hybridized carbons (Fsp3) is 0.565. The van der Waals surface area contributed by atoms with Crippen LogP contribution in [0.15, 0.2) is 29.8 Å². The SMILES string of the molecule is O=C([O-])CC1(CC(=O)N[C@H]2CO[C@H]3[C@@H]2OC[C@@H]3Nc2nccc(-c3cccs3)n2)CCCC1. The van der Waals surface area contributed by atoms with E-state index in [1.165, 1.54) is 0 Å². The Kier molecular flexibility index (Phi) is 6.31. The first-order chi connectivity index (χ1) is 16.0. The molecule has 10 heteroatoms. The summed E-state index contributed by atoms with van der Waals surface area (Å²) in [6.45, 7) is 0.770. The van der Waals surface area contributed by atoms with Crippen molar-refractivity contribution < 1.29 is 24.2 Å². The summed E-state index contributed by atoms with van der Waals surface area (Å²) >= 11 is 1.62. The maximum Gasteiger partial charge on any atom is 0.223 e. The van der Waals surface area contributed by atoms with Crippen LogP contribution < -0.4 is 15.7 Å². The molecule has 0 unspecified atom stereocenters. The van der Waals surface area contributed by atoms with E-state index in [0.717, 1.165) is 36.3 Å². The third kappa shape index (κ3) is 4.87. The lowest BCUT2D eigenvalue weighted by Crippen LogP contribution is -2.46. The minimum absolute atomic E-state index is 0.0688. The first kappa shape index (κ1) is 22.2. The summed E-state index contributed by atoms with van der Waals surface area (Å²) in [6.07, 6.45) is 4.74. The Labute approximate surface area is 195 Å². The molecule has 33 heavy (non-hydrogen) atoms. The molecule has 3 aliphatic rings. The summed E-state index contributed by atoms with van der Waals surface area (Å²) in [5.74, 6) is -0.733. The Morgan fingerprint density at radius 3 is 2.61 bits per heavy atom. The van der Waals surface area contributed by atoms with Gasteiger partial charge in [0.2, 0.25) is 11.9 Å². The molecular formula is C23H27N4O5S-. The number of nitrogens with one attached hydrogen (secondary N) is 2. The molecule has 1 aliphatic carbocycles. The molecule has 2 aliphatic heterocycles. The maximum absolute atomic E-state index is 12.8. The van der Waals surface area contributed by atoms with Crippen molar-refractivity contribution in [1.29, 1.82) is 0 Å². The summed E-state index contributed by atoms with van der Waals surface area (Å²) in [7, 11) is 0. The second kappa shape index (κ2) is 9.36. The van der Waals surface area contributed by atoms with Gasteiger partial charge < -0.3 is 30.0 Å². The smallest absolute Gasteiger partial charge is 0.223 e. The number of carboxylic acid groups (broad SMARTS) is 1. The van der Waals surface area contributed by atoms with Crippen LogP contribution in [0.1, 0.15) is 38.5 Å². The third-order valence-electron chi connectivity index (χ3n) is 6.86. The zero-order valence-corrected chi connectivity index (χ0v) is 19.0. The number of amides is 1. The average molecular weight is 472 g/mol. The van der Waals surface area contributed by atoms with E-state index in [2.05, 4.69) is 20.6 Å². The molecule has 4 heterocycles. The summed E-state index contributed by atoms with van der Waals surface area (Å²) in [6, 6.07) is 5.48. The number of hydrogen-bond acceptors (Lipinski definition) is 9. The number of nitrogens with zero attached hydrogens (tertiary/aromatic N) is 2. The number of ether oxygens (including phenoxy) is 2. The lowest BCUT2D eigenvalue weighted by atomic mass is 9.79. The molecule has 0 bridgehead atoms. The van der Waals surface area contributed by atoms with Crippen LogP contribution >= 0.6 is 11.3 Å². The minimum atomic E-state index is -1.09. The summed E-state index contributed by atoms with van der Waals surface area (Å²) in [4.78, 5) is 34.0. The van der Waals surface area contributed by atoms with Crippen LogP contribution in [0.2, 0.25) is 0 Å². The number of aliphatic carboxylic acids is 1. The summed E-state index contributed by atoms with van der Waals surface area (Å²) < 4.78 is 12.0. The molecule has 5 rings (SSSR count). The molecule has 1 amide bonds. The van der Waals surface area contributed by atoms with Gasteiger partial charge in [-0.1, -0.05) is 18.9 Å². The topological polar surface area (TPSA) is 126 Å². The number of carbonyl (C=O) groups excluding carboxylic acids is 2. The molecule has 2 aromatic rings. The van der Waals surface area contributed by atoms with E-state index in [4.69, 9.17) is 9.47 Å². The second-order valence-electron chi connectivity index (χ2n) is 9.20. The van der Waals surface area contributed by atoms with E-state index in [0.29, 0.717) is 19.2 Å². The van der Waals surface area contributed by atoms with Crippen molar-refractivity contribution in [3.05, 3.63) is 29.8 Å². The number of anilines is 1. The Balaban J connectivity index is 1.18. The van der Waals surface area contributed by atoms with Gasteiger partial charge in [0.1, 0.15) is 12.2 Å². The second-order valence-corrected chi connectivity index (χ2v) is 10.1. The lowest BCUT2D eigenvalue weighted by Gasteiger charge is -2.29. The molecular weight excluding hydrogens is 444 g/mol. The first-order valence-electron chi connectivity index (χ1n) is 11.4. The van der Waals surface area contributed by atoms with Gasteiger partial charge in [0.25, 0.3) is 0 Å². The molecule has 176 valence electrons. The van der Waals surface area contributed by atoms with Crippen molar-refractivity contribution in [1.82, 2.24) is 15.3 Å². The van der Waals surface area contributed by atoms with E-state index in [1.54, 1.807) is 17.5 Å². The number of fused-ring (bicyclic) bond motifs is 1. The number of carbonyl (C=O) groups is 2. The van der Waals surface area contributed by atoms with Gasteiger partial charge in [-0.3, -0.25) is 4.79 Å². The van der Waals surface area contributed by atoms with Gasteiger partial charge in [0.15, 0.2) is 0 Å². The number of aromatic nitrogens is 2. The van der Waals surface area contributed by atoms with E-state index in [1.807, 2.05) is 23.6 Å². The molecule has 2 aromatic heterocycles. The fourth-order valence-electron chi connectivity index (χ4n) is 5.35. The minimum Gasteiger partial charge on any atom is -0.550 e. The molecule has 2 saturated heterocycles. The molecule has 1 saturated carbocycles. The predicted molar refractivity (Wildman–Crippen MR) is 119 cm³/mol. The largest absolute Gasteiger partial charge is 0.550 e. The van der Waals surface area contributed by atoms with Crippen LogP contribution in [0.5, 0.6) is 0 Å². The number of rotatable bonds is 8. The van der Waals surface area contributed by atoms with Crippen molar-refractivity contribution in [2.75, 3.05) is 18.5 Å². The van der Waals surface area contributed by atoms with Gasteiger partial charge >= 0.3 is 0 Å². The standard InChI is InChI=1S/C23H28N4O5S/c28-18(10-23(11-19(29)30)6-1-2-7-23)25-15-12-31-21-16(13-32-20(15)21)27-22-24-8-5-14(26-22)17-4-3-9-33-17/h3-5,8-9,15-16,20-21H,1-2,6-7,10-13H2,(H,25,28)(H,29,30)(H,24,26,27)/p-1/t15-,16-,20+,21+/m0/s1. The maximum atomic E-state index is 12.8. The molecule has 9 nitrogen and oxygen atoms in total. The van der Waals surface area contributed by atoms with Crippen LogP contribution in [0.4, 0.5) is 5.95 Å². The van der Waals surface area contributed by atoms with Gasteiger partial charge in [0.05, 0.1) is 35.9 Å². The van der Waals surface area contributed by atoms with Crippen molar-refractivity contribution in [3.63, 3.8) is 0 Å². The molecule has 4 atom stereocenters. The van der Waals surface area contributed by atoms with Crippen molar-refractivity contribution in [3.8, 4) is 10.6 Å². The Morgan fingerprint density at radius 1 is 1.12 bits per heavy atom. The van der Waals surface area contributed by atoms with Gasteiger partial charge in [-0.05, 0) is 42.2 Å². The highest BCUT2D eigenvalue weighted by Crippen LogP contribution is 2.44. The zero-order valence-electron chi connectivity index (χ0n) is 18.2. The van der Waals surface area contributed by atoms with Crippen LogP contribution in [0.25, 0.3) is 10.6 Å². The average Bonchev–Trinajstić information content (AvgIpc) is 3.56.